The molecule has 105 valence electrons. The first-order valence-corrected chi connectivity index (χ1v) is 7.12. The molecule has 0 aromatic carbocycles. The van der Waals surface area contributed by atoms with Gasteiger partial charge in [0.25, 0.3) is 0 Å². The zero-order chi connectivity index (χ0) is 13.8. The summed E-state index contributed by atoms with van der Waals surface area (Å²) in [5, 5.41) is -0.330. The monoisotopic (exact) mass is 284 g/mol. The van der Waals surface area contributed by atoms with Gasteiger partial charge in [0.1, 0.15) is 23.4 Å². The van der Waals surface area contributed by atoms with E-state index in [1.165, 1.54) is 0 Å². The quantitative estimate of drug-likeness (QED) is 0.845. The minimum absolute atomic E-state index is 0.00755. The Balaban J connectivity index is 2.18. The third kappa shape index (κ3) is 2.93. The van der Waals surface area contributed by atoms with Crippen molar-refractivity contribution >= 4 is 17.9 Å². The largest absolute Gasteiger partial charge is 0.376 e. The second kappa shape index (κ2) is 6.40. The van der Waals surface area contributed by atoms with Crippen LogP contribution in [-0.4, -0.2) is 50.0 Å². The predicted octanol–water partition coefficient (Wildman–Crippen LogP) is 1.33. The number of rotatable bonds is 4. The lowest BCUT2D eigenvalue weighted by Gasteiger charge is -2.36. The summed E-state index contributed by atoms with van der Waals surface area (Å²) in [6, 6.07) is -0.300. The molecule has 0 bridgehead atoms. The molecule has 1 aliphatic heterocycles. The molecular formula is C12H18N3O3S. The van der Waals surface area contributed by atoms with Crippen molar-refractivity contribution in [1.29, 1.82) is 0 Å². The minimum Gasteiger partial charge on any atom is -0.376 e. The third-order valence-corrected chi connectivity index (χ3v) is 3.93. The van der Waals surface area contributed by atoms with Crippen LogP contribution in [0.4, 0.5) is 0 Å². The van der Waals surface area contributed by atoms with E-state index in [1.807, 2.05) is 18.4 Å². The molecule has 2 unspecified atom stereocenters. The smallest absolute Gasteiger partial charge is 0.246 e. The first-order valence-electron chi connectivity index (χ1n) is 6.29. The molecule has 1 saturated heterocycles. The number of hydrogen-bond donors (Lipinski definition) is 1. The van der Waals surface area contributed by atoms with Crippen molar-refractivity contribution in [3.63, 3.8) is 0 Å². The Kier molecular flexibility index (Phi) is 4.84. The summed E-state index contributed by atoms with van der Waals surface area (Å²) < 4.78 is 16.4. The number of imidazole rings is 1. The first kappa shape index (κ1) is 14.4. The minimum atomic E-state index is -0.330. The van der Waals surface area contributed by atoms with Gasteiger partial charge in [-0.3, -0.25) is 4.79 Å². The van der Waals surface area contributed by atoms with E-state index in [1.54, 1.807) is 11.1 Å². The van der Waals surface area contributed by atoms with Crippen LogP contribution >= 0.6 is 12.0 Å². The number of nitrogens with zero attached hydrogens (tertiary/aromatic N) is 3. The van der Waals surface area contributed by atoms with Crippen LogP contribution in [0.3, 0.4) is 0 Å². The van der Waals surface area contributed by atoms with Crippen molar-refractivity contribution in [1.82, 2.24) is 14.5 Å². The fourth-order valence-electron chi connectivity index (χ4n) is 2.25. The van der Waals surface area contributed by atoms with Gasteiger partial charge in [-0.2, -0.15) is 0 Å². The van der Waals surface area contributed by atoms with Crippen molar-refractivity contribution in [2.75, 3.05) is 19.8 Å². The molecule has 0 spiro atoms. The van der Waals surface area contributed by atoms with Crippen molar-refractivity contribution in [3.8, 4) is 0 Å². The SMILES string of the molecule is CCC(C(=O)N1CCOCC1SO)n1c[c]nc1C. The van der Waals surface area contributed by atoms with Gasteiger partial charge < -0.3 is 18.8 Å². The molecule has 19 heavy (non-hydrogen) atoms. The Bertz CT molecular complexity index is 438. The second-order valence-electron chi connectivity index (χ2n) is 4.42. The van der Waals surface area contributed by atoms with Crippen LogP contribution in [0.5, 0.6) is 0 Å². The van der Waals surface area contributed by atoms with Crippen LogP contribution in [0.15, 0.2) is 6.20 Å². The lowest BCUT2D eigenvalue weighted by molar-refractivity contribution is -0.140. The topological polar surface area (TPSA) is 67.6 Å². The van der Waals surface area contributed by atoms with Crippen LogP contribution in [0, 0.1) is 13.1 Å². The zero-order valence-corrected chi connectivity index (χ0v) is 11.9. The van der Waals surface area contributed by atoms with Crippen LogP contribution in [0.2, 0.25) is 0 Å². The zero-order valence-electron chi connectivity index (χ0n) is 11.1. The van der Waals surface area contributed by atoms with E-state index in [0.29, 0.717) is 38.2 Å². The molecule has 2 rings (SSSR count). The number of carbonyl (C=O) groups excluding carboxylic acids is 1. The fraction of sp³-hybridized carbons (Fsp3) is 0.667. The Morgan fingerprint density at radius 2 is 2.58 bits per heavy atom. The van der Waals surface area contributed by atoms with Gasteiger partial charge in [0, 0.05) is 24.8 Å². The highest BCUT2D eigenvalue weighted by molar-refractivity contribution is 7.94. The van der Waals surface area contributed by atoms with Gasteiger partial charge in [0.2, 0.25) is 5.91 Å². The maximum atomic E-state index is 12.6. The fourth-order valence-corrected chi connectivity index (χ4v) is 2.73. The molecule has 0 aliphatic carbocycles. The Morgan fingerprint density at radius 1 is 1.79 bits per heavy atom. The van der Waals surface area contributed by atoms with Crippen LogP contribution < -0.4 is 0 Å². The number of hydrogen-bond acceptors (Lipinski definition) is 5. The summed E-state index contributed by atoms with van der Waals surface area (Å²) in [7, 11) is 0. The van der Waals surface area contributed by atoms with E-state index >= 15 is 0 Å². The molecule has 0 saturated carbocycles. The van der Waals surface area contributed by atoms with Gasteiger partial charge in [-0.25, -0.2) is 4.98 Å². The van der Waals surface area contributed by atoms with E-state index in [4.69, 9.17) is 4.74 Å². The van der Waals surface area contributed by atoms with E-state index in [0.717, 1.165) is 5.82 Å². The Morgan fingerprint density at radius 3 is 3.16 bits per heavy atom. The van der Waals surface area contributed by atoms with Crippen LogP contribution in [0.1, 0.15) is 25.2 Å². The number of aromatic nitrogens is 2. The molecule has 1 aliphatic rings. The molecule has 2 atom stereocenters. The molecule has 1 N–H and O–H groups in total. The van der Waals surface area contributed by atoms with Crippen LogP contribution in [0.25, 0.3) is 0 Å². The highest BCUT2D eigenvalue weighted by atomic mass is 32.2. The summed E-state index contributed by atoms with van der Waals surface area (Å²) in [6.45, 7) is 5.19. The predicted molar refractivity (Wildman–Crippen MR) is 71.7 cm³/mol. The molecule has 1 radical (unpaired) electrons. The normalized spacial score (nSPS) is 21.4. The molecule has 1 aromatic rings. The summed E-state index contributed by atoms with van der Waals surface area (Å²) in [6.07, 6.45) is 5.13. The number of carbonyl (C=O) groups is 1. The lowest BCUT2D eigenvalue weighted by atomic mass is 10.1. The van der Waals surface area contributed by atoms with Gasteiger partial charge in [0.15, 0.2) is 0 Å². The standard InChI is InChI=1S/C12H18N3O3S/c1-3-10(14-5-4-13-9(14)2)12(16)15-6-7-18-8-11(15)19-17/h5,10-11,17H,3,6-8H2,1-2H3. The third-order valence-electron chi connectivity index (χ3n) is 3.29. The first-order chi connectivity index (χ1) is 9.19. The van der Waals surface area contributed by atoms with E-state index in [9.17, 15) is 9.35 Å². The number of ether oxygens (including phenoxy) is 1. The molecule has 6 nitrogen and oxygen atoms in total. The summed E-state index contributed by atoms with van der Waals surface area (Å²) in [4.78, 5) is 18.4. The van der Waals surface area contributed by atoms with Crippen molar-refractivity contribution in [3.05, 3.63) is 18.2 Å². The average Bonchev–Trinajstić information content (AvgIpc) is 2.86. The highest BCUT2D eigenvalue weighted by Gasteiger charge is 2.32. The highest BCUT2D eigenvalue weighted by Crippen LogP contribution is 2.23. The van der Waals surface area contributed by atoms with Crippen LogP contribution in [-0.2, 0) is 9.53 Å². The molecular weight excluding hydrogens is 266 g/mol. The van der Waals surface area contributed by atoms with Crippen molar-refractivity contribution in [2.45, 2.75) is 31.7 Å². The summed E-state index contributed by atoms with van der Waals surface area (Å²) >= 11 is 0.659. The Labute approximate surface area is 117 Å². The molecule has 7 heteroatoms. The van der Waals surface area contributed by atoms with E-state index < -0.39 is 0 Å². The molecule has 1 fully saturated rings. The van der Waals surface area contributed by atoms with Crippen molar-refractivity contribution < 1.29 is 14.1 Å². The van der Waals surface area contributed by atoms with Crippen molar-refractivity contribution in [2.24, 2.45) is 0 Å². The van der Waals surface area contributed by atoms with Gasteiger partial charge in [0.05, 0.1) is 13.2 Å². The lowest BCUT2D eigenvalue weighted by Crippen LogP contribution is -2.49. The average molecular weight is 284 g/mol. The molecule has 1 aromatic heterocycles. The van der Waals surface area contributed by atoms with E-state index in [2.05, 4.69) is 11.2 Å². The van der Waals surface area contributed by atoms with E-state index in [-0.39, 0.29) is 17.3 Å². The van der Waals surface area contributed by atoms with Gasteiger partial charge in [-0.15, -0.1) is 0 Å². The summed E-state index contributed by atoms with van der Waals surface area (Å²) in [5.74, 6) is 0.758. The van der Waals surface area contributed by atoms with Gasteiger partial charge in [-0.05, 0) is 13.3 Å². The second-order valence-corrected chi connectivity index (χ2v) is 5.17. The number of aryl methyl sites for hydroxylation is 1. The van der Waals surface area contributed by atoms with Gasteiger partial charge >= 0.3 is 0 Å². The molecule has 1 amide bonds. The summed E-state index contributed by atoms with van der Waals surface area (Å²) in [5.41, 5.74) is 0. The maximum Gasteiger partial charge on any atom is 0.246 e. The molecule has 2 heterocycles. The maximum absolute atomic E-state index is 12.6. The number of amides is 1. The number of morpholine rings is 1. The van der Waals surface area contributed by atoms with Gasteiger partial charge in [-0.1, -0.05) is 6.92 Å². The Hall–Kier alpha value is -1.05.